The summed E-state index contributed by atoms with van der Waals surface area (Å²) in [5, 5.41) is 2.66. The van der Waals surface area contributed by atoms with Crippen LogP contribution in [0.15, 0.2) is 54.9 Å². The lowest BCUT2D eigenvalue weighted by Crippen LogP contribution is -2.07. The van der Waals surface area contributed by atoms with Crippen LogP contribution in [0.3, 0.4) is 0 Å². The number of carbonyl (C=O) groups is 1. The van der Waals surface area contributed by atoms with Gasteiger partial charge in [0.15, 0.2) is 0 Å². The van der Waals surface area contributed by atoms with Gasteiger partial charge in [0.1, 0.15) is 11.3 Å². The average Bonchev–Trinajstić information content (AvgIpc) is 3.01. The van der Waals surface area contributed by atoms with Gasteiger partial charge < -0.3 is 10.3 Å². The molecule has 0 aliphatic heterocycles. The Balaban J connectivity index is 1.97. The smallest absolute Gasteiger partial charge is 0.222 e. The maximum absolute atomic E-state index is 13.7. The molecule has 6 nitrogen and oxygen atoms in total. The zero-order valence-electron chi connectivity index (χ0n) is 13.8. The van der Waals surface area contributed by atoms with Crippen molar-refractivity contribution in [2.75, 3.05) is 5.32 Å². The lowest BCUT2D eigenvalue weighted by atomic mass is 10.0. The molecule has 0 aliphatic carbocycles. The summed E-state index contributed by atoms with van der Waals surface area (Å²) in [5.41, 5.74) is 4.06. The molecule has 0 spiro atoms. The third-order valence-electron chi connectivity index (χ3n) is 3.88. The summed E-state index contributed by atoms with van der Waals surface area (Å²) >= 11 is 0. The highest BCUT2D eigenvalue weighted by atomic mass is 19.1. The van der Waals surface area contributed by atoms with Crippen LogP contribution in [0.4, 0.5) is 10.2 Å². The van der Waals surface area contributed by atoms with Gasteiger partial charge in [-0.3, -0.25) is 9.78 Å². The first-order valence-corrected chi connectivity index (χ1v) is 7.95. The summed E-state index contributed by atoms with van der Waals surface area (Å²) in [6.45, 7) is 1.42. The van der Waals surface area contributed by atoms with E-state index in [0.717, 1.165) is 11.3 Å². The highest BCUT2D eigenvalue weighted by molar-refractivity contribution is 6.01. The van der Waals surface area contributed by atoms with E-state index in [2.05, 4.69) is 25.3 Å². The molecule has 1 amide bonds. The molecule has 0 saturated heterocycles. The van der Waals surface area contributed by atoms with Crippen LogP contribution >= 0.6 is 0 Å². The van der Waals surface area contributed by atoms with Crippen LogP contribution in [-0.2, 0) is 4.79 Å². The zero-order chi connectivity index (χ0) is 18.1. The van der Waals surface area contributed by atoms with Gasteiger partial charge in [-0.05, 0) is 36.4 Å². The first-order chi connectivity index (χ1) is 12.6. The molecule has 0 unspecified atom stereocenters. The highest BCUT2D eigenvalue weighted by Gasteiger charge is 2.18. The van der Waals surface area contributed by atoms with E-state index in [1.807, 2.05) is 18.2 Å². The van der Waals surface area contributed by atoms with Gasteiger partial charge in [0, 0.05) is 24.9 Å². The predicted octanol–water partition coefficient (Wildman–Crippen LogP) is 3.78. The predicted molar refractivity (Wildman–Crippen MR) is 96.8 cm³/mol. The summed E-state index contributed by atoms with van der Waals surface area (Å²) in [6, 6.07) is 12.0. The number of aromatic amines is 1. The molecule has 7 heteroatoms. The lowest BCUT2D eigenvalue weighted by molar-refractivity contribution is -0.114. The minimum absolute atomic E-state index is 0.208. The number of anilines is 1. The number of aromatic nitrogens is 4. The minimum atomic E-state index is -0.561. The maximum Gasteiger partial charge on any atom is 0.222 e. The third-order valence-corrected chi connectivity index (χ3v) is 3.88. The van der Waals surface area contributed by atoms with E-state index in [9.17, 15) is 9.18 Å². The first kappa shape index (κ1) is 15.9. The standard InChI is InChI=1S/C19H14FN5O/c1-11(26)23-16-10-12(7-9-22-16)18-17(13-4-2-3-8-21-13)19-14(24-18)5-6-15(20)25-19/h2-10,24H,1H3,(H,22,23,26). The van der Waals surface area contributed by atoms with Crippen molar-refractivity contribution in [3.05, 3.63) is 60.8 Å². The Morgan fingerprint density at radius 2 is 2.00 bits per heavy atom. The molecule has 0 aromatic carbocycles. The molecule has 0 bridgehead atoms. The normalized spacial score (nSPS) is 10.8. The third kappa shape index (κ3) is 2.90. The van der Waals surface area contributed by atoms with Crippen LogP contribution in [0.1, 0.15) is 6.92 Å². The second-order valence-electron chi connectivity index (χ2n) is 5.73. The molecule has 0 aliphatic rings. The van der Waals surface area contributed by atoms with Crippen molar-refractivity contribution in [3.63, 3.8) is 0 Å². The van der Waals surface area contributed by atoms with E-state index in [4.69, 9.17) is 0 Å². The molecular weight excluding hydrogens is 333 g/mol. The van der Waals surface area contributed by atoms with Gasteiger partial charge in [0.25, 0.3) is 0 Å². The number of rotatable bonds is 3. The zero-order valence-corrected chi connectivity index (χ0v) is 13.8. The fraction of sp³-hybridized carbons (Fsp3) is 0.0526. The summed E-state index contributed by atoms with van der Waals surface area (Å²) in [7, 11) is 0. The molecule has 128 valence electrons. The van der Waals surface area contributed by atoms with Crippen molar-refractivity contribution >= 4 is 22.8 Å². The summed E-state index contributed by atoms with van der Waals surface area (Å²) in [5.74, 6) is -0.339. The Hall–Kier alpha value is -3.61. The quantitative estimate of drug-likeness (QED) is 0.552. The molecule has 2 N–H and O–H groups in total. The summed E-state index contributed by atoms with van der Waals surface area (Å²) in [4.78, 5) is 27.2. The van der Waals surface area contributed by atoms with Gasteiger partial charge in [-0.1, -0.05) is 6.07 Å². The molecule has 0 atom stereocenters. The Kier molecular flexibility index (Phi) is 3.89. The number of H-pyrrole nitrogens is 1. The van der Waals surface area contributed by atoms with E-state index in [1.54, 1.807) is 30.6 Å². The Bertz CT molecular complexity index is 1110. The van der Waals surface area contributed by atoms with Gasteiger partial charge in [-0.2, -0.15) is 4.39 Å². The number of nitrogens with one attached hydrogen (secondary N) is 2. The number of pyridine rings is 3. The van der Waals surface area contributed by atoms with Crippen molar-refractivity contribution in [1.82, 2.24) is 19.9 Å². The average molecular weight is 347 g/mol. The van der Waals surface area contributed by atoms with Gasteiger partial charge in [0.05, 0.1) is 22.5 Å². The van der Waals surface area contributed by atoms with Crippen LogP contribution in [0, 0.1) is 5.95 Å². The van der Waals surface area contributed by atoms with Crippen molar-refractivity contribution in [1.29, 1.82) is 0 Å². The van der Waals surface area contributed by atoms with Crippen molar-refractivity contribution in [2.24, 2.45) is 0 Å². The first-order valence-electron chi connectivity index (χ1n) is 7.95. The van der Waals surface area contributed by atoms with E-state index >= 15 is 0 Å². The van der Waals surface area contributed by atoms with E-state index < -0.39 is 5.95 Å². The molecule has 0 saturated carbocycles. The van der Waals surface area contributed by atoms with Crippen LogP contribution in [0.2, 0.25) is 0 Å². The Labute approximate surface area is 148 Å². The van der Waals surface area contributed by atoms with Crippen molar-refractivity contribution in [2.45, 2.75) is 6.92 Å². The minimum Gasteiger partial charge on any atom is -0.353 e. The number of amides is 1. The monoisotopic (exact) mass is 347 g/mol. The number of hydrogen-bond acceptors (Lipinski definition) is 4. The fourth-order valence-electron chi connectivity index (χ4n) is 2.85. The molecular formula is C19H14FN5O. The molecule has 4 aromatic heterocycles. The fourth-order valence-corrected chi connectivity index (χ4v) is 2.85. The molecule has 4 rings (SSSR count). The number of carbonyl (C=O) groups excluding carboxylic acids is 1. The van der Waals surface area contributed by atoms with Gasteiger partial charge in [0.2, 0.25) is 11.9 Å². The van der Waals surface area contributed by atoms with Gasteiger partial charge in [-0.15, -0.1) is 0 Å². The number of hydrogen-bond donors (Lipinski definition) is 2. The Morgan fingerprint density at radius 3 is 2.77 bits per heavy atom. The number of nitrogens with zero attached hydrogens (tertiary/aromatic N) is 3. The van der Waals surface area contributed by atoms with Gasteiger partial charge in [-0.25, -0.2) is 9.97 Å². The number of halogens is 1. The van der Waals surface area contributed by atoms with Gasteiger partial charge >= 0.3 is 0 Å². The molecule has 0 fully saturated rings. The van der Waals surface area contributed by atoms with E-state index in [-0.39, 0.29) is 5.91 Å². The summed E-state index contributed by atoms with van der Waals surface area (Å²) < 4.78 is 13.7. The maximum atomic E-state index is 13.7. The SMILES string of the molecule is CC(=O)Nc1cc(-c2[nH]c3ccc(F)nc3c2-c2ccccn2)ccn1. The second kappa shape index (κ2) is 6.36. The molecule has 4 aromatic rings. The van der Waals surface area contributed by atoms with Crippen molar-refractivity contribution < 1.29 is 9.18 Å². The number of fused-ring (bicyclic) bond motifs is 1. The van der Waals surface area contributed by atoms with Crippen LogP contribution in [0.25, 0.3) is 33.5 Å². The van der Waals surface area contributed by atoms with Crippen LogP contribution < -0.4 is 5.32 Å². The second-order valence-corrected chi connectivity index (χ2v) is 5.73. The van der Waals surface area contributed by atoms with Crippen molar-refractivity contribution in [3.8, 4) is 22.5 Å². The lowest BCUT2D eigenvalue weighted by Gasteiger charge is -2.06. The highest BCUT2D eigenvalue weighted by Crippen LogP contribution is 2.36. The van der Waals surface area contributed by atoms with Crippen LogP contribution in [-0.4, -0.2) is 25.8 Å². The van der Waals surface area contributed by atoms with E-state index in [1.165, 1.54) is 13.0 Å². The summed E-state index contributed by atoms with van der Waals surface area (Å²) in [6.07, 6.45) is 3.27. The van der Waals surface area contributed by atoms with Crippen LogP contribution in [0.5, 0.6) is 0 Å². The van der Waals surface area contributed by atoms with E-state index in [0.29, 0.717) is 28.1 Å². The molecule has 0 radical (unpaired) electrons. The molecule has 4 heterocycles. The topological polar surface area (TPSA) is 83.6 Å². The largest absolute Gasteiger partial charge is 0.353 e. The Morgan fingerprint density at radius 1 is 1.12 bits per heavy atom. The molecule has 26 heavy (non-hydrogen) atoms.